The Bertz CT molecular complexity index is 540. The SMILES string of the molecule is COC(=O)CCS[C@@H](C)C(=O)N[C@H](C)c1ccc(Cl)cc1Cl. The molecule has 0 heterocycles. The number of hydrogen-bond acceptors (Lipinski definition) is 4. The number of rotatable bonds is 7. The number of esters is 1. The molecular weight excluding hydrogens is 345 g/mol. The van der Waals surface area contributed by atoms with E-state index in [1.54, 1.807) is 25.1 Å². The molecule has 1 rings (SSSR count). The van der Waals surface area contributed by atoms with Gasteiger partial charge in [0.25, 0.3) is 0 Å². The first kappa shape index (κ1) is 19.1. The monoisotopic (exact) mass is 363 g/mol. The Balaban J connectivity index is 2.50. The lowest BCUT2D eigenvalue weighted by atomic mass is 10.1. The van der Waals surface area contributed by atoms with Crippen LogP contribution >= 0.6 is 35.0 Å². The zero-order valence-corrected chi connectivity index (χ0v) is 15.0. The third-order valence-electron chi connectivity index (χ3n) is 3.06. The van der Waals surface area contributed by atoms with Gasteiger partial charge in [-0.1, -0.05) is 29.3 Å². The van der Waals surface area contributed by atoms with Crippen LogP contribution in [-0.2, 0) is 14.3 Å². The summed E-state index contributed by atoms with van der Waals surface area (Å²) in [6, 6.07) is 4.96. The molecule has 1 amide bonds. The highest BCUT2D eigenvalue weighted by atomic mass is 35.5. The topological polar surface area (TPSA) is 55.4 Å². The molecule has 2 atom stereocenters. The number of carbonyl (C=O) groups excluding carboxylic acids is 2. The van der Waals surface area contributed by atoms with Gasteiger partial charge in [0.1, 0.15) is 0 Å². The Morgan fingerprint density at radius 2 is 2.00 bits per heavy atom. The number of thioether (sulfide) groups is 1. The lowest BCUT2D eigenvalue weighted by Crippen LogP contribution is -2.33. The van der Waals surface area contributed by atoms with Crippen LogP contribution in [0.2, 0.25) is 10.0 Å². The van der Waals surface area contributed by atoms with Crippen molar-refractivity contribution in [1.29, 1.82) is 0 Å². The molecule has 0 aliphatic heterocycles. The van der Waals surface area contributed by atoms with Gasteiger partial charge in [-0.15, -0.1) is 11.8 Å². The first-order valence-electron chi connectivity index (χ1n) is 6.79. The maximum absolute atomic E-state index is 12.1. The Morgan fingerprint density at radius 1 is 1.32 bits per heavy atom. The van der Waals surface area contributed by atoms with Crippen molar-refractivity contribution in [3.8, 4) is 0 Å². The van der Waals surface area contributed by atoms with Crippen molar-refractivity contribution in [2.24, 2.45) is 0 Å². The quantitative estimate of drug-likeness (QED) is 0.747. The van der Waals surface area contributed by atoms with Crippen LogP contribution in [0.25, 0.3) is 0 Å². The summed E-state index contributed by atoms with van der Waals surface area (Å²) >= 11 is 13.4. The third kappa shape index (κ3) is 6.07. The molecule has 0 radical (unpaired) electrons. The van der Waals surface area contributed by atoms with Crippen molar-refractivity contribution in [1.82, 2.24) is 5.32 Å². The largest absolute Gasteiger partial charge is 0.469 e. The van der Waals surface area contributed by atoms with Crippen LogP contribution in [0.1, 0.15) is 31.9 Å². The molecule has 122 valence electrons. The minimum absolute atomic E-state index is 0.103. The normalized spacial score (nSPS) is 13.3. The second-order valence-electron chi connectivity index (χ2n) is 4.74. The summed E-state index contributed by atoms with van der Waals surface area (Å²) in [5.41, 5.74) is 0.811. The minimum atomic E-state index is -0.276. The number of methoxy groups -OCH3 is 1. The number of halogens is 2. The summed E-state index contributed by atoms with van der Waals surface area (Å²) in [6.07, 6.45) is 0.289. The lowest BCUT2D eigenvalue weighted by molar-refractivity contribution is -0.140. The van der Waals surface area contributed by atoms with E-state index in [0.29, 0.717) is 15.8 Å². The molecule has 1 aromatic carbocycles. The average molecular weight is 364 g/mol. The molecule has 0 fully saturated rings. The smallest absolute Gasteiger partial charge is 0.306 e. The molecular formula is C15H19Cl2NO3S. The highest BCUT2D eigenvalue weighted by Gasteiger charge is 2.18. The van der Waals surface area contributed by atoms with Gasteiger partial charge >= 0.3 is 5.97 Å². The Morgan fingerprint density at radius 3 is 2.59 bits per heavy atom. The fourth-order valence-electron chi connectivity index (χ4n) is 1.76. The standard InChI is InChI=1S/C15H19Cl2NO3S/c1-9(12-5-4-11(16)8-13(12)17)18-15(20)10(2)22-7-6-14(19)21-3/h4-5,8-10H,6-7H2,1-3H3,(H,18,20)/t9-,10+/m1/s1. The zero-order valence-electron chi connectivity index (χ0n) is 12.7. The van der Waals surface area contributed by atoms with E-state index in [1.165, 1.54) is 18.9 Å². The average Bonchev–Trinajstić information content (AvgIpc) is 2.46. The summed E-state index contributed by atoms with van der Waals surface area (Å²) in [7, 11) is 1.35. The van der Waals surface area contributed by atoms with E-state index in [-0.39, 0.29) is 29.6 Å². The fraction of sp³-hybridized carbons (Fsp3) is 0.467. The fourth-order valence-corrected chi connectivity index (χ4v) is 3.19. The van der Waals surface area contributed by atoms with Crippen molar-refractivity contribution in [2.75, 3.05) is 12.9 Å². The molecule has 0 aliphatic rings. The van der Waals surface area contributed by atoms with E-state index in [9.17, 15) is 9.59 Å². The molecule has 0 unspecified atom stereocenters. The number of amides is 1. The van der Waals surface area contributed by atoms with Crippen LogP contribution in [-0.4, -0.2) is 30.0 Å². The van der Waals surface area contributed by atoms with Crippen LogP contribution in [0.15, 0.2) is 18.2 Å². The second-order valence-corrected chi connectivity index (χ2v) is 7.03. The molecule has 0 aromatic heterocycles. The van der Waals surface area contributed by atoms with E-state index in [2.05, 4.69) is 10.1 Å². The van der Waals surface area contributed by atoms with Crippen molar-refractivity contribution < 1.29 is 14.3 Å². The molecule has 7 heteroatoms. The molecule has 0 bridgehead atoms. The minimum Gasteiger partial charge on any atom is -0.469 e. The van der Waals surface area contributed by atoms with Crippen molar-refractivity contribution in [2.45, 2.75) is 31.6 Å². The van der Waals surface area contributed by atoms with Crippen molar-refractivity contribution in [3.63, 3.8) is 0 Å². The Hall–Kier alpha value is -0.910. The first-order chi connectivity index (χ1) is 10.3. The summed E-state index contributed by atoms with van der Waals surface area (Å²) in [4.78, 5) is 23.2. The Labute approximate surface area is 144 Å². The maximum atomic E-state index is 12.1. The molecule has 0 aliphatic carbocycles. The van der Waals surface area contributed by atoms with Gasteiger partial charge in [-0.25, -0.2) is 0 Å². The number of hydrogen-bond donors (Lipinski definition) is 1. The van der Waals surface area contributed by atoms with E-state index in [0.717, 1.165) is 5.56 Å². The summed E-state index contributed by atoms with van der Waals surface area (Å²) in [6.45, 7) is 3.66. The van der Waals surface area contributed by atoms with E-state index in [4.69, 9.17) is 23.2 Å². The molecule has 22 heavy (non-hydrogen) atoms. The van der Waals surface area contributed by atoms with E-state index in [1.807, 2.05) is 6.92 Å². The second kappa shape index (κ2) is 9.28. The van der Waals surface area contributed by atoms with Crippen LogP contribution < -0.4 is 5.32 Å². The Kier molecular flexibility index (Phi) is 8.07. The van der Waals surface area contributed by atoms with Crippen LogP contribution in [0.5, 0.6) is 0 Å². The maximum Gasteiger partial charge on any atom is 0.306 e. The van der Waals surface area contributed by atoms with E-state index >= 15 is 0 Å². The first-order valence-corrected chi connectivity index (χ1v) is 8.59. The van der Waals surface area contributed by atoms with Crippen molar-refractivity contribution >= 4 is 46.8 Å². The molecule has 0 saturated carbocycles. The molecule has 1 aromatic rings. The van der Waals surface area contributed by atoms with Gasteiger partial charge in [0.15, 0.2) is 0 Å². The van der Waals surface area contributed by atoms with Crippen LogP contribution in [0.4, 0.5) is 0 Å². The van der Waals surface area contributed by atoms with Gasteiger partial charge in [0.05, 0.1) is 24.8 Å². The third-order valence-corrected chi connectivity index (χ3v) is 4.78. The highest BCUT2D eigenvalue weighted by Crippen LogP contribution is 2.26. The van der Waals surface area contributed by atoms with Gasteiger partial charge in [-0.05, 0) is 31.5 Å². The van der Waals surface area contributed by atoms with E-state index < -0.39 is 0 Å². The van der Waals surface area contributed by atoms with Crippen LogP contribution in [0, 0.1) is 0 Å². The zero-order chi connectivity index (χ0) is 16.7. The summed E-state index contributed by atoms with van der Waals surface area (Å²) < 4.78 is 4.56. The summed E-state index contributed by atoms with van der Waals surface area (Å²) in [5, 5.41) is 3.71. The number of ether oxygens (including phenoxy) is 1. The number of nitrogens with one attached hydrogen (secondary N) is 1. The highest BCUT2D eigenvalue weighted by molar-refractivity contribution is 8.00. The van der Waals surface area contributed by atoms with Gasteiger partial charge in [-0.2, -0.15) is 0 Å². The van der Waals surface area contributed by atoms with Gasteiger partial charge in [0, 0.05) is 15.8 Å². The molecule has 0 spiro atoms. The molecule has 1 N–H and O–H groups in total. The van der Waals surface area contributed by atoms with Gasteiger partial charge in [0.2, 0.25) is 5.91 Å². The molecule has 4 nitrogen and oxygen atoms in total. The summed E-state index contributed by atoms with van der Waals surface area (Å²) in [5.74, 6) is 0.159. The van der Waals surface area contributed by atoms with Crippen LogP contribution in [0.3, 0.4) is 0 Å². The molecule has 0 saturated heterocycles. The predicted molar refractivity (Wildman–Crippen MR) is 91.6 cm³/mol. The number of benzene rings is 1. The number of carbonyl (C=O) groups is 2. The lowest BCUT2D eigenvalue weighted by Gasteiger charge is -2.18. The van der Waals surface area contributed by atoms with Gasteiger partial charge in [-0.3, -0.25) is 9.59 Å². The van der Waals surface area contributed by atoms with Crippen molar-refractivity contribution in [3.05, 3.63) is 33.8 Å². The van der Waals surface area contributed by atoms with Gasteiger partial charge < -0.3 is 10.1 Å². The predicted octanol–water partition coefficient (Wildman–Crippen LogP) is 3.86.